The molecule has 0 aliphatic heterocycles. The van der Waals surface area contributed by atoms with E-state index in [1.54, 1.807) is 13.0 Å². The Bertz CT molecular complexity index is 1040. The highest BCUT2D eigenvalue weighted by Gasteiger charge is 2.20. The molecule has 6 nitrogen and oxygen atoms in total. The largest absolute Gasteiger partial charge is 0.451 e. The summed E-state index contributed by atoms with van der Waals surface area (Å²) < 4.78 is 5.39. The van der Waals surface area contributed by atoms with Crippen LogP contribution < -0.4 is 11.3 Å². The van der Waals surface area contributed by atoms with Crippen LogP contribution in [-0.2, 0) is 4.74 Å². The van der Waals surface area contributed by atoms with Crippen LogP contribution in [0.5, 0.6) is 0 Å². The Labute approximate surface area is 152 Å². The smallest absolute Gasteiger partial charge is 0.340 e. The van der Waals surface area contributed by atoms with Gasteiger partial charge in [0.2, 0.25) is 0 Å². The first-order chi connectivity index (χ1) is 11.8. The van der Waals surface area contributed by atoms with Crippen LogP contribution in [0.3, 0.4) is 0 Å². The highest BCUT2D eigenvalue weighted by Crippen LogP contribution is 2.27. The van der Waals surface area contributed by atoms with E-state index in [2.05, 4.69) is 9.97 Å². The number of aromatic nitrogens is 2. The molecule has 0 aliphatic carbocycles. The van der Waals surface area contributed by atoms with Gasteiger partial charge in [0.25, 0.3) is 5.56 Å². The lowest BCUT2D eigenvalue weighted by atomic mass is 10.2. The van der Waals surface area contributed by atoms with Crippen molar-refractivity contribution in [2.24, 2.45) is 0 Å². The number of anilines is 1. The Morgan fingerprint density at radius 1 is 1.40 bits per heavy atom. The number of nitrogens with one attached hydrogen (secondary N) is 1. The van der Waals surface area contributed by atoms with Gasteiger partial charge in [-0.3, -0.25) is 4.79 Å². The summed E-state index contributed by atoms with van der Waals surface area (Å²) in [4.78, 5) is 33.4. The first-order valence-corrected chi connectivity index (χ1v) is 8.73. The summed E-state index contributed by atoms with van der Waals surface area (Å²) in [6, 6.07) is 4.53. The molecule has 0 radical (unpaired) electrons. The number of nitrogens with zero attached hydrogens (tertiary/aromatic N) is 1. The molecule has 0 amide bonds. The number of hydrogen-bond acceptors (Lipinski definition) is 6. The Hall–Kier alpha value is -2.38. The molecule has 2 aromatic heterocycles. The van der Waals surface area contributed by atoms with Gasteiger partial charge in [-0.25, -0.2) is 9.78 Å². The van der Waals surface area contributed by atoms with Crippen LogP contribution in [0.15, 0.2) is 23.0 Å². The zero-order chi connectivity index (χ0) is 18.3. The van der Waals surface area contributed by atoms with Crippen molar-refractivity contribution in [1.29, 1.82) is 0 Å². The molecule has 3 rings (SSSR count). The lowest BCUT2D eigenvalue weighted by Crippen LogP contribution is -2.17. The summed E-state index contributed by atoms with van der Waals surface area (Å²) >= 11 is 7.27. The number of benzene rings is 1. The van der Waals surface area contributed by atoms with E-state index in [1.165, 1.54) is 23.5 Å². The SMILES string of the molecule is Cc1sc2nc([C@@H](C)OC(=O)c3ccc(Cl)cc3N)[nH]c(=O)c2c1C. The van der Waals surface area contributed by atoms with Gasteiger partial charge in [0, 0.05) is 15.6 Å². The van der Waals surface area contributed by atoms with Gasteiger partial charge < -0.3 is 15.5 Å². The van der Waals surface area contributed by atoms with Gasteiger partial charge in [-0.15, -0.1) is 11.3 Å². The number of nitrogens with two attached hydrogens (primary N) is 1. The number of carbonyl (C=O) groups excluding carboxylic acids is 1. The molecule has 3 aromatic rings. The number of nitrogen functional groups attached to an aromatic ring is 1. The minimum Gasteiger partial charge on any atom is -0.451 e. The molecule has 0 saturated heterocycles. The van der Waals surface area contributed by atoms with Crippen LogP contribution in [0, 0.1) is 13.8 Å². The van der Waals surface area contributed by atoms with Gasteiger partial charge in [-0.2, -0.15) is 0 Å². The number of ether oxygens (including phenoxy) is 1. The predicted octanol–water partition coefficient (Wildman–Crippen LogP) is 3.76. The highest BCUT2D eigenvalue weighted by atomic mass is 35.5. The van der Waals surface area contributed by atoms with E-state index >= 15 is 0 Å². The van der Waals surface area contributed by atoms with Crippen molar-refractivity contribution in [3.05, 3.63) is 55.4 Å². The minimum absolute atomic E-state index is 0.211. The molecule has 0 saturated carbocycles. The Morgan fingerprint density at radius 3 is 2.80 bits per heavy atom. The number of aryl methyl sites for hydroxylation is 2. The fraction of sp³-hybridized carbons (Fsp3) is 0.235. The maximum Gasteiger partial charge on any atom is 0.340 e. The molecule has 25 heavy (non-hydrogen) atoms. The summed E-state index contributed by atoms with van der Waals surface area (Å²) in [6.07, 6.45) is -0.734. The molecule has 1 aromatic carbocycles. The van der Waals surface area contributed by atoms with E-state index in [-0.39, 0.29) is 16.8 Å². The molecule has 130 valence electrons. The van der Waals surface area contributed by atoms with Gasteiger partial charge in [0.05, 0.1) is 10.9 Å². The van der Waals surface area contributed by atoms with E-state index in [9.17, 15) is 9.59 Å². The summed E-state index contributed by atoms with van der Waals surface area (Å²) in [7, 11) is 0. The van der Waals surface area contributed by atoms with Crippen molar-refractivity contribution in [3.8, 4) is 0 Å². The van der Waals surface area contributed by atoms with Crippen LogP contribution in [0.2, 0.25) is 5.02 Å². The molecular formula is C17H16ClN3O3S. The monoisotopic (exact) mass is 377 g/mol. The zero-order valence-electron chi connectivity index (χ0n) is 13.8. The van der Waals surface area contributed by atoms with Crippen LogP contribution in [-0.4, -0.2) is 15.9 Å². The van der Waals surface area contributed by atoms with Crippen LogP contribution in [0.25, 0.3) is 10.2 Å². The molecule has 0 spiro atoms. The molecule has 3 N–H and O–H groups in total. The molecule has 0 bridgehead atoms. The third-order valence-corrected chi connectivity index (χ3v) is 5.30. The number of H-pyrrole nitrogens is 1. The number of halogens is 1. The Morgan fingerprint density at radius 2 is 2.12 bits per heavy atom. The van der Waals surface area contributed by atoms with E-state index in [4.69, 9.17) is 22.1 Å². The Balaban J connectivity index is 1.90. The quantitative estimate of drug-likeness (QED) is 0.535. The maximum absolute atomic E-state index is 12.3. The number of rotatable bonds is 3. The average Bonchev–Trinajstić information content (AvgIpc) is 2.82. The third-order valence-electron chi connectivity index (χ3n) is 3.96. The number of aromatic amines is 1. The number of fused-ring (bicyclic) bond motifs is 1. The number of hydrogen-bond donors (Lipinski definition) is 2. The summed E-state index contributed by atoms with van der Waals surface area (Å²) in [5, 5.41) is 1.01. The third kappa shape index (κ3) is 3.25. The van der Waals surface area contributed by atoms with Crippen molar-refractivity contribution in [1.82, 2.24) is 9.97 Å². The van der Waals surface area contributed by atoms with Gasteiger partial charge in [0.1, 0.15) is 4.83 Å². The topological polar surface area (TPSA) is 98.1 Å². The molecule has 0 fully saturated rings. The van der Waals surface area contributed by atoms with Gasteiger partial charge in [-0.1, -0.05) is 11.6 Å². The second-order valence-corrected chi connectivity index (χ2v) is 7.33. The van der Waals surface area contributed by atoms with E-state index < -0.39 is 12.1 Å². The van der Waals surface area contributed by atoms with E-state index in [0.29, 0.717) is 21.1 Å². The lowest BCUT2D eigenvalue weighted by Gasteiger charge is -2.13. The normalized spacial score (nSPS) is 12.3. The van der Waals surface area contributed by atoms with Gasteiger partial charge in [-0.05, 0) is 44.5 Å². The highest BCUT2D eigenvalue weighted by molar-refractivity contribution is 7.18. The molecular weight excluding hydrogens is 362 g/mol. The summed E-state index contributed by atoms with van der Waals surface area (Å²) in [5.74, 6) is -0.317. The van der Waals surface area contributed by atoms with Crippen molar-refractivity contribution < 1.29 is 9.53 Å². The van der Waals surface area contributed by atoms with Crippen molar-refractivity contribution >= 4 is 44.8 Å². The number of esters is 1. The number of thiophene rings is 1. The molecule has 8 heteroatoms. The maximum atomic E-state index is 12.3. The van der Waals surface area contributed by atoms with Crippen molar-refractivity contribution in [3.63, 3.8) is 0 Å². The molecule has 2 heterocycles. The van der Waals surface area contributed by atoms with Crippen molar-refractivity contribution in [2.75, 3.05) is 5.73 Å². The Kier molecular flexibility index (Phi) is 4.53. The fourth-order valence-electron chi connectivity index (χ4n) is 2.46. The van der Waals surface area contributed by atoms with E-state index in [0.717, 1.165) is 10.4 Å². The van der Waals surface area contributed by atoms with Crippen LogP contribution in [0.4, 0.5) is 5.69 Å². The molecule has 1 atom stereocenters. The van der Waals surface area contributed by atoms with E-state index in [1.807, 2.05) is 13.8 Å². The van der Waals surface area contributed by atoms with Crippen LogP contribution >= 0.6 is 22.9 Å². The van der Waals surface area contributed by atoms with Crippen molar-refractivity contribution in [2.45, 2.75) is 26.9 Å². The zero-order valence-corrected chi connectivity index (χ0v) is 15.4. The molecule has 0 unspecified atom stereocenters. The molecule has 0 aliphatic rings. The van der Waals surface area contributed by atoms with Gasteiger partial charge >= 0.3 is 5.97 Å². The fourth-order valence-corrected chi connectivity index (χ4v) is 3.68. The van der Waals surface area contributed by atoms with Crippen LogP contribution in [0.1, 0.15) is 39.7 Å². The second-order valence-electron chi connectivity index (χ2n) is 5.69. The minimum atomic E-state index is -0.734. The van der Waals surface area contributed by atoms with Gasteiger partial charge in [0.15, 0.2) is 11.9 Å². The first-order valence-electron chi connectivity index (χ1n) is 7.54. The summed E-state index contributed by atoms with van der Waals surface area (Å²) in [6.45, 7) is 5.46. The lowest BCUT2D eigenvalue weighted by molar-refractivity contribution is 0.0321. The number of carbonyl (C=O) groups is 1. The average molecular weight is 378 g/mol. The summed E-state index contributed by atoms with van der Waals surface area (Å²) in [5.41, 5.74) is 6.91. The predicted molar refractivity (Wildman–Crippen MR) is 99.4 cm³/mol. The first kappa shape index (κ1) is 17.4. The standard InChI is InChI=1S/C17H16ClN3O3S/c1-7-9(3)25-16-13(7)15(22)20-14(21-16)8(2)24-17(23)11-5-4-10(18)6-12(11)19/h4-6,8H,19H2,1-3H3,(H,20,21,22)/t8-/m1/s1. The second kappa shape index (κ2) is 6.50.